The molecule has 96 valence electrons. The lowest BCUT2D eigenvalue weighted by molar-refractivity contribution is -0.113. The van der Waals surface area contributed by atoms with E-state index in [9.17, 15) is 9.59 Å². The fourth-order valence-corrected chi connectivity index (χ4v) is 3.19. The number of fused-ring (bicyclic) bond motifs is 2. The van der Waals surface area contributed by atoms with E-state index in [4.69, 9.17) is 4.74 Å². The standard InChI is InChI=1S/C13H21NO3/c1-13(2,3)17-12(16)14-11-9-5-4-8(6-9)10(11)7-15/h7-11H,4-6H2,1-3H3,(H,14,16)/t8-,9-,10+,11-/m0/s1. The molecule has 2 aliphatic carbocycles. The molecule has 0 heterocycles. The zero-order chi connectivity index (χ0) is 12.6. The van der Waals surface area contributed by atoms with Crippen LogP contribution in [0.4, 0.5) is 4.79 Å². The molecule has 0 unspecified atom stereocenters. The molecule has 1 N–H and O–H groups in total. The second-order valence-corrected chi connectivity index (χ2v) is 6.22. The predicted octanol–water partition coefficient (Wildman–Crippen LogP) is 2.12. The van der Waals surface area contributed by atoms with Crippen LogP contribution in [0.25, 0.3) is 0 Å². The number of hydrogen-bond acceptors (Lipinski definition) is 3. The molecule has 0 aliphatic heterocycles. The Kier molecular flexibility index (Phi) is 3.15. The van der Waals surface area contributed by atoms with E-state index in [0.29, 0.717) is 11.8 Å². The van der Waals surface area contributed by atoms with Crippen LogP contribution in [0.5, 0.6) is 0 Å². The van der Waals surface area contributed by atoms with E-state index in [0.717, 1.165) is 25.5 Å². The lowest BCUT2D eigenvalue weighted by Gasteiger charge is -2.29. The van der Waals surface area contributed by atoms with Crippen LogP contribution in [-0.4, -0.2) is 24.0 Å². The molecule has 0 aromatic rings. The van der Waals surface area contributed by atoms with Gasteiger partial charge in [0.2, 0.25) is 0 Å². The maximum absolute atomic E-state index is 11.7. The van der Waals surface area contributed by atoms with E-state index in [1.807, 2.05) is 20.8 Å². The van der Waals surface area contributed by atoms with Gasteiger partial charge in [-0.3, -0.25) is 0 Å². The maximum atomic E-state index is 11.7. The summed E-state index contributed by atoms with van der Waals surface area (Å²) in [5.41, 5.74) is -0.488. The molecule has 4 nitrogen and oxygen atoms in total. The zero-order valence-electron chi connectivity index (χ0n) is 10.7. The van der Waals surface area contributed by atoms with E-state index in [-0.39, 0.29) is 12.0 Å². The molecule has 0 aromatic carbocycles. The molecule has 2 bridgehead atoms. The Bertz CT molecular complexity index is 321. The number of nitrogens with one attached hydrogen (secondary N) is 1. The normalized spacial score (nSPS) is 35.7. The Labute approximate surface area is 102 Å². The summed E-state index contributed by atoms with van der Waals surface area (Å²) in [6.45, 7) is 5.51. The smallest absolute Gasteiger partial charge is 0.407 e. The van der Waals surface area contributed by atoms with E-state index < -0.39 is 11.7 Å². The predicted molar refractivity (Wildman–Crippen MR) is 63.5 cm³/mol. The largest absolute Gasteiger partial charge is 0.444 e. The Morgan fingerprint density at radius 3 is 2.53 bits per heavy atom. The number of alkyl carbamates (subject to hydrolysis) is 1. The minimum atomic E-state index is -0.488. The van der Waals surface area contributed by atoms with Crippen molar-refractivity contribution in [3.8, 4) is 0 Å². The van der Waals surface area contributed by atoms with E-state index in [1.165, 1.54) is 0 Å². The SMILES string of the molecule is CC(C)(C)OC(=O)N[C@H]1[C@H]2CC[C@@H](C2)[C@H]1C=O. The third-order valence-electron chi connectivity index (χ3n) is 3.82. The van der Waals surface area contributed by atoms with E-state index >= 15 is 0 Å². The second-order valence-electron chi connectivity index (χ2n) is 6.22. The van der Waals surface area contributed by atoms with Crippen LogP contribution in [0.1, 0.15) is 40.0 Å². The Hall–Kier alpha value is -1.06. The topological polar surface area (TPSA) is 55.4 Å². The highest BCUT2D eigenvalue weighted by Crippen LogP contribution is 2.47. The fourth-order valence-electron chi connectivity index (χ4n) is 3.19. The first-order valence-corrected chi connectivity index (χ1v) is 6.35. The number of aldehydes is 1. The average Bonchev–Trinajstić information content (AvgIpc) is 2.74. The summed E-state index contributed by atoms with van der Waals surface area (Å²) >= 11 is 0. The van der Waals surface area contributed by atoms with Crippen molar-refractivity contribution in [2.24, 2.45) is 17.8 Å². The molecule has 2 rings (SSSR count). The van der Waals surface area contributed by atoms with E-state index in [2.05, 4.69) is 5.32 Å². The van der Waals surface area contributed by atoms with Gasteiger partial charge in [-0.15, -0.1) is 0 Å². The summed E-state index contributed by atoms with van der Waals surface area (Å²) in [6.07, 6.45) is 3.92. The van der Waals surface area contributed by atoms with Crippen molar-refractivity contribution in [3.05, 3.63) is 0 Å². The number of hydrogen-bond donors (Lipinski definition) is 1. The van der Waals surface area contributed by atoms with Crippen molar-refractivity contribution < 1.29 is 14.3 Å². The molecule has 2 saturated carbocycles. The molecule has 4 atom stereocenters. The number of amides is 1. The molecule has 0 aromatic heterocycles. The molecule has 17 heavy (non-hydrogen) atoms. The lowest BCUT2D eigenvalue weighted by Crippen LogP contribution is -2.46. The van der Waals surface area contributed by atoms with Crippen LogP contribution in [0.2, 0.25) is 0 Å². The van der Waals surface area contributed by atoms with Crippen molar-refractivity contribution in [1.82, 2.24) is 5.32 Å². The van der Waals surface area contributed by atoms with Crippen LogP contribution in [0, 0.1) is 17.8 Å². The molecule has 2 aliphatic rings. The van der Waals surface area contributed by atoms with Gasteiger partial charge in [0.1, 0.15) is 11.9 Å². The first-order valence-electron chi connectivity index (χ1n) is 6.35. The van der Waals surface area contributed by atoms with Gasteiger partial charge in [-0.1, -0.05) is 0 Å². The van der Waals surface area contributed by atoms with Gasteiger partial charge in [0, 0.05) is 12.0 Å². The minimum Gasteiger partial charge on any atom is -0.444 e. The van der Waals surface area contributed by atoms with Crippen LogP contribution < -0.4 is 5.32 Å². The van der Waals surface area contributed by atoms with Crippen LogP contribution in [-0.2, 0) is 9.53 Å². The summed E-state index contributed by atoms with van der Waals surface area (Å²) in [5, 5.41) is 2.88. The number of carbonyl (C=O) groups is 2. The molecule has 1 amide bonds. The molecule has 0 radical (unpaired) electrons. The summed E-state index contributed by atoms with van der Waals surface area (Å²) in [6, 6.07) is -0.0129. The highest BCUT2D eigenvalue weighted by atomic mass is 16.6. The minimum absolute atomic E-state index is 0.0127. The van der Waals surface area contributed by atoms with Crippen molar-refractivity contribution >= 4 is 12.4 Å². The van der Waals surface area contributed by atoms with Gasteiger partial charge in [-0.25, -0.2) is 4.79 Å². The molecule has 0 saturated heterocycles. The third-order valence-corrected chi connectivity index (χ3v) is 3.82. The van der Waals surface area contributed by atoms with Crippen molar-refractivity contribution in [1.29, 1.82) is 0 Å². The van der Waals surface area contributed by atoms with Crippen molar-refractivity contribution in [2.75, 3.05) is 0 Å². The molecular weight excluding hydrogens is 218 g/mol. The Morgan fingerprint density at radius 1 is 1.29 bits per heavy atom. The monoisotopic (exact) mass is 239 g/mol. The van der Waals surface area contributed by atoms with Crippen LogP contribution >= 0.6 is 0 Å². The van der Waals surface area contributed by atoms with E-state index in [1.54, 1.807) is 0 Å². The van der Waals surface area contributed by atoms with Gasteiger partial charge in [0.05, 0.1) is 0 Å². The summed E-state index contributed by atoms with van der Waals surface area (Å²) in [4.78, 5) is 22.8. The fraction of sp³-hybridized carbons (Fsp3) is 0.846. The summed E-state index contributed by atoms with van der Waals surface area (Å²) < 4.78 is 5.23. The second kappa shape index (κ2) is 4.31. The Morgan fingerprint density at radius 2 is 1.94 bits per heavy atom. The average molecular weight is 239 g/mol. The highest BCUT2D eigenvalue weighted by Gasteiger charge is 2.48. The maximum Gasteiger partial charge on any atom is 0.407 e. The van der Waals surface area contributed by atoms with Gasteiger partial charge in [-0.05, 0) is 51.9 Å². The van der Waals surface area contributed by atoms with Crippen molar-refractivity contribution in [3.63, 3.8) is 0 Å². The van der Waals surface area contributed by atoms with Gasteiger partial charge >= 0.3 is 6.09 Å². The number of carbonyl (C=O) groups excluding carboxylic acids is 2. The zero-order valence-corrected chi connectivity index (χ0v) is 10.7. The van der Waals surface area contributed by atoms with Gasteiger partial charge in [-0.2, -0.15) is 0 Å². The molecular formula is C13H21NO3. The number of rotatable bonds is 2. The molecule has 2 fully saturated rings. The molecule has 0 spiro atoms. The third kappa shape index (κ3) is 2.61. The van der Waals surface area contributed by atoms with Gasteiger partial charge in [0.25, 0.3) is 0 Å². The first kappa shape index (κ1) is 12.4. The molecule has 4 heteroatoms. The van der Waals surface area contributed by atoms with Gasteiger partial charge in [0.15, 0.2) is 0 Å². The number of ether oxygens (including phenoxy) is 1. The Balaban J connectivity index is 1.94. The summed E-state index contributed by atoms with van der Waals surface area (Å²) in [7, 11) is 0. The van der Waals surface area contributed by atoms with Gasteiger partial charge < -0.3 is 14.8 Å². The highest BCUT2D eigenvalue weighted by molar-refractivity contribution is 5.69. The first-order chi connectivity index (χ1) is 7.90. The van der Waals surface area contributed by atoms with Crippen LogP contribution in [0.3, 0.4) is 0 Å². The van der Waals surface area contributed by atoms with Crippen molar-refractivity contribution in [2.45, 2.75) is 51.7 Å². The van der Waals surface area contributed by atoms with Crippen LogP contribution in [0.15, 0.2) is 0 Å². The summed E-state index contributed by atoms with van der Waals surface area (Å²) in [5.74, 6) is 0.918. The lowest BCUT2D eigenvalue weighted by atomic mass is 9.85. The quantitative estimate of drug-likeness (QED) is 0.751.